The molecule has 0 saturated carbocycles. The molecule has 3 heterocycles. The molecule has 0 aromatic heterocycles. The zero-order chi connectivity index (χ0) is 29.4. The molecule has 10 heteroatoms. The van der Waals surface area contributed by atoms with Gasteiger partial charge in [0.1, 0.15) is 5.75 Å². The number of anilines is 2. The SMILES string of the molecule is COc1ccc(N2CCN3c4ccccc4C[C@]4(C(=O)NC(=O)N(CCc5ccc(OC)c(OC)c5)C4=O)[C@@H]3C2)cc1. The van der Waals surface area contributed by atoms with Crippen LogP contribution in [0.5, 0.6) is 17.2 Å². The van der Waals surface area contributed by atoms with Crippen LogP contribution in [0, 0.1) is 5.41 Å². The van der Waals surface area contributed by atoms with Gasteiger partial charge < -0.3 is 24.0 Å². The first-order valence-corrected chi connectivity index (χ1v) is 14.0. The Morgan fingerprint density at radius 1 is 0.881 bits per heavy atom. The van der Waals surface area contributed by atoms with Crippen LogP contribution in [0.25, 0.3) is 0 Å². The Bertz CT molecular complexity index is 1530. The smallest absolute Gasteiger partial charge is 0.330 e. The van der Waals surface area contributed by atoms with Gasteiger partial charge in [0.2, 0.25) is 11.8 Å². The molecule has 2 saturated heterocycles. The number of methoxy groups -OCH3 is 3. The fourth-order valence-corrected chi connectivity index (χ4v) is 6.52. The standard InChI is InChI=1S/C32H34N4O6/c1-40-24-11-9-23(10-12-24)34-16-17-35-25-7-5-4-6-22(25)19-32(28(35)20-34)29(37)33-31(39)36(30(32)38)15-14-21-8-13-26(41-2)27(18-21)42-3/h4-13,18,28H,14-17,19-20H2,1-3H3,(H,33,37,39)/t28-,32+/m0/s1. The lowest BCUT2D eigenvalue weighted by Crippen LogP contribution is -2.75. The summed E-state index contributed by atoms with van der Waals surface area (Å²) in [6.45, 7) is 1.89. The van der Waals surface area contributed by atoms with Gasteiger partial charge >= 0.3 is 6.03 Å². The van der Waals surface area contributed by atoms with Gasteiger partial charge in [-0.25, -0.2) is 4.79 Å². The third kappa shape index (κ3) is 4.47. The van der Waals surface area contributed by atoms with E-state index in [1.54, 1.807) is 27.4 Å². The van der Waals surface area contributed by atoms with E-state index in [0.29, 0.717) is 37.6 Å². The maximum Gasteiger partial charge on any atom is 0.330 e. The number of para-hydroxylation sites is 1. The van der Waals surface area contributed by atoms with Crippen molar-refractivity contribution < 1.29 is 28.6 Å². The predicted octanol–water partition coefficient (Wildman–Crippen LogP) is 3.27. The van der Waals surface area contributed by atoms with Gasteiger partial charge in [0, 0.05) is 37.6 Å². The number of piperazine rings is 1. The molecular formula is C32H34N4O6. The van der Waals surface area contributed by atoms with Crippen LogP contribution in [0.1, 0.15) is 11.1 Å². The van der Waals surface area contributed by atoms with E-state index in [4.69, 9.17) is 14.2 Å². The van der Waals surface area contributed by atoms with E-state index in [1.807, 2.05) is 60.7 Å². The van der Waals surface area contributed by atoms with E-state index in [1.165, 1.54) is 4.90 Å². The van der Waals surface area contributed by atoms with Gasteiger partial charge in [-0.15, -0.1) is 0 Å². The summed E-state index contributed by atoms with van der Waals surface area (Å²) in [7, 11) is 4.75. The lowest BCUT2D eigenvalue weighted by Gasteiger charge is -2.55. The highest BCUT2D eigenvalue weighted by Gasteiger charge is 2.62. The molecule has 4 amide bonds. The highest BCUT2D eigenvalue weighted by Crippen LogP contribution is 2.46. The van der Waals surface area contributed by atoms with Crippen molar-refractivity contribution in [3.63, 3.8) is 0 Å². The molecule has 10 nitrogen and oxygen atoms in total. The van der Waals surface area contributed by atoms with Gasteiger partial charge in [0.25, 0.3) is 0 Å². The van der Waals surface area contributed by atoms with E-state index >= 15 is 0 Å². The van der Waals surface area contributed by atoms with E-state index in [2.05, 4.69) is 15.1 Å². The number of hydrogen-bond acceptors (Lipinski definition) is 8. The maximum absolute atomic E-state index is 14.5. The summed E-state index contributed by atoms with van der Waals surface area (Å²) in [4.78, 5) is 47.1. The van der Waals surface area contributed by atoms with Crippen molar-refractivity contribution in [2.75, 3.05) is 57.3 Å². The lowest BCUT2D eigenvalue weighted by molar-refractivity contribution is -0.153. The molecule has 2 fully saturated rings. The van der Waals surface area contributed by atoms with Crippen molar-refractivity contribution >= 4 is 29.2 Å². The molecule has 218 valence electrons. The predicted molar refractivity (Wildman–Crippen MR) is 157 cm³/mol. The fourth-order valence-electron chi connectivity index (χ4n) is 6.52. The van der Waals surface area contributed by atoms with Crippen molar-refractivity contribution in [1.82, 2.24) is 10.2 Å². The van der Waals surface area contributed by atoms with Crippen LogP contribution >= 0.6 is 0 Å². The van der Waals surface area contributed by atoms with Crippen LogP contribution in [-0.2, 0) is 22.4 Å². The number of nitrogens with zero attached hydrogens (tertiary/aromatic N) is 3. The number of hydrogen-bond donors (Lipinski definition) is 1. The third-order valence-electron chi connectivity index (χ3n) is 8.73. The summed E-state index contributed by atoms with van der Waals surface area (Å²) in [6.07, 6.45) is 0.609. The van der Waals surface area contributed by atoms with Gasteiger partial charge in [-0.3, -0.25) is 19.8 Å². The van der Waals surface area contributed by atoms with E-state index < -0.39 is 29.3 Å². The molecule has 0 aliphatic carbocycles. The molecule has 0 bridgehead atoms. The summed E-state index contributed by atoms with van der Waals surface area (Å²) in [6, 6.07) is 20.0. The van der Waals surface area contributed by atoms with Gasteiger partial charge in [-0.05, 0) is 66.4 Å². The average Bonchev–Trinajstić information content (AvgIpc) is 3.03. The first-order chi connectivity index (χ1) is 20.4. The molecule has 3 aliphatic heterocycles. The van der Waals surface area contributed by atoms with Crippen LogP contribution in [0.2, 0.25) is 0 Å². The quantitative estimate of drug-likeness (QED) is 0.432. The Balaban J connectivity index is 1.34. The minimum Gasteiger partial charge on any atom is -0.497 e. The first-order valence-electron chi connectivity index (χ1n) is 14.0. The van der Waals surface area contributed by atoms with Crippen LogP contribution in [-0.4, -0.2) is 76.3 Å². The molecule has 2 atom stereocenters. The second-order valence-electron chi connectivity index (χ2n) is 10.8. The zero-order valence-electron chi connectivity index (χ0n) is 24.0. The van der Waals surface area contributed by atoms with Crippen LogP contribution in [0.4, 0.5) is 16.2 Å². The maximum atomic E-state index is 14.5. The number of benzene rings is 3. The van der Waals surface area contributed by atoms with Gasteiger partial charge in [-0.2, -0.15) is 0 Å². The average molecular weight is 571 g/mol. The topological polar surface area (TPSA) is 101 Å². The molecule has 6 rings (SSSR count). The number of rotatable bonds is 7. The number of ether oxygens (including phenoxy) is 3. The summed E-state index contributed by atoms with van der Waals surface area (Å²) in [5.74, 6) is 0.915. The second kappa shape index (κ2) is 10.9. The van der Waals surface area contributed by atoms with Crippen LogP contribution < -0.4 is 29.3 Å². The Labute approximate surface area is 244 Å². The van der Waals surface area contributed by atoms with Crippen LogP contribution in [0.3, 0.4) is 0 Å². The minimum absolute atomic E-state index is 0.117. The molecule has 0 unspecified atom stereocenters. The molecule has 3 aromatic rings. The zero-order valence-corrected chi connectivity index (χ0v) is 24.0. The van der Waals surface area contributed by atoms with Gasteiger partial charge in [0.15, 0.2) is 16.9 Å². The van der Waals surface area contributed by atoms with Crippen LogP contribution in [0.15, 0.2) is 66.7 Å². The number of imide groups is 2. The highest BCUT2D eigenvalue weighted by atomic mass is 16.5. The van der Waals surface area contributed by atoms with E-state index in [0.717, 1.165) is 28.3 Å². The summed E-state index contributed by atoms with van der Waals surface area (Å²) >= 11 is 0. The normalized spacial score (nSPS) is 21.5. The van der Waals surface area contributed by atoms with E-state index in [9.17, 15) is 14.4 Å². The number of carbonyl (C=O) groups is 3. The fraction of sp³-hybridized carbons (Fsp3) is 0.344. The molecule has 1 spiro atoms. The Morgan fingerprint density at radius 3 is 2.38 bits per heavy atom. The van der Waals surface area contributed by atoms with Crippen molar-refractivity contribution in [3.05, 3.63) is 77.9 Å². The Kier molecular flexibility index (Phi) is 7.14. The van der Waals surface area contributed by atoms with E-state index in [-0.39, 0.29) is 13.0 Å². The molecule has 0 radical (unpaired) electrons. The van der Waals surface area contributed by atoms with Crippen molar-refractivity contribution in [3.8, 4) is 17.2 Å². The number of urea groups is 1. The number of nitrogens with one attached hydrogen (secondary N) is 1. The van der Waals surface area contributed by atoms with Gasteiger partial charge in [0.05, 0.1) is 27.4 Å². The molecular weight excluding hydrogens is 536 g/mol. The Morgan fingerprint density at radius 2 is 1.64 bits per heavy atom. The number of barbiturate groups is 1. The van der Waals surface area contributed by atoms with Crippen molar-refractivity contribution in [2.24, 2.45) is 5.41 Å². The summed E-state index contributed by atoms with van der Waals surface area (Å²) in [5.41, 5.74) is 2.33. The summed E-state index contributed by atoms with van der Waals surface area (Å²) in [5, 5.41) is 2.55. The molecule has 42 heavy (non-hydrogen) atoms. The molecule has 3 aliphatic rings. The summed E-state index contributed by atoms with van der Waals surface area (Å²) < 4.78 is 16.1. The number of amides is 4. The number of fused-ring (bicyclic) bond motifs is 4. The second-order valence-corrected chi connectivity index (χ2v) is 10.8. The molecule has 3 aromatic carbocycles. The number of carbonyl (C=O) groups excluding carboxylic acids is 3. The largest absolute Gasteiger partial charge is 0.497 e. The monoisotopic (exact) mass is 570 g/mol. The Hall–Kier alpha value is -4.73. The van der Waals surface area contributed by atoms with Crippen molar-refractivity contribution in [2.45, 2.75) is 18.9 Å². The lowest BCUT2D eigenvalue weighted by atomic mass is 9.67. The first kappa shape index (κ1) is 27.4. The highest BCUT2D eigenvalue weighted by molar-refractivity contribution is 6.20. The minimum atomic E-state index is -1.47. The molecule has 1 N–H and O–H groups in total. The third-order valence-corrected chi connectivity index (χ3v) is 8.73. The van der Waals surface area contributed by atoms with Gasteiger partial charge in [-0.1, -0.05) is 24.3 Å². The van der Waals surface area contributed by atoms with Crippen molar-refractivity contribution in [1.29, 1.82) is 0 Å².